The first-order valence-corrected chi connectivity index (χ1v) is 8.08. The molecule has 1 N–H and O–H groups in total. The van der Waals surface area contributed by atoms with E-state index in [2.05, 4.69) is 11.4 Å². The largest absolute Gasteiger partial charge is 0.497 e. The number of benzene rings is 1. The predicted octanol–water partition coefficient (Wildman–Crippen LogP) is 3.40. The number of carbonyl (C=O) groups is 1. The maximum atomic E-state index is 12.1. The lowest BCUT2D eigenvalue weighted by Crippen LogP contribution is -2.51. The minimum Gasteiger partial charge on any atom is -0.497 e. The van der Waals surface area contributed by atoms with Crippen LogP contribution in [0.25, 0.3) is 0 Å². The number of carbonyl (C=O) groups excluding carboxylic acids is 1. The summed E-state index contributed by atoms with van der Waals surface area (Å²) < 4.78 is 10.6. The van der Waals surface area contributed by atoms with Crippen molar-refractivity contribution >= 4 is 11.8 Å². The molecular weight excluding hydrogens is 306 g/mol. The molecule has 24 heavy (non-hydrogen) atoms. The highest BCUT2D eigenvalue weighted by atomic mass is 16.6. The van der Waals surface area contributed by atoms with Crippen molar-refractivity contribution in [2.24, 2.45) is 0 Å². The molecule has 1 heterocycles. The Kier molecular flexibility index (Phi) is 5.23. The van der Waals surface area contributed by atoms with Crippen LogP contribution in [0.5, 0.6) is 5.75 Å². The Morgan fingerprint density at radius 2 is 2.00 bits per heavy atom. The number of hydrogen-bond acceptors (Lipinski definition) is 5. The van der Waals surface area contributed by atoms with Gasteiger partial charge in [0.05, 0.1) is 13.2 Å². The van der Waals surface area contributed by atoms with Gasteiger partial charge in [-0.15, -0.1) is 0 Å². The Morgan fingerprint density at radius 1 is 1.33 bits per heavy atom. The molecule has 0 spiro atoms. The molecule has 1 saturated heterocycles. The van der Waals surface area contributed by atoms with Crippen LogP contribution in [0.15, 0.2) is 24.3 Å². The summed E-state index contributed by atoms with van der Waals surface area (Å²) >= 11 is 0. The molecule has 1 fully saturated rings. The van der Waals surface area contributed by atoms with Crippen LogP contribution in [0.4, 0.5) is 10.5 Å². The highest BCUT2D eigenvalue weighted by Gasteiger charge is 2.37. The monoisotopic (exact) mass is 331 g/mol. The van der Waals surface area contributed by atoms with E-state index in [0.29, 0.717) is 25.9 Å². The van der Waals surface area contributed by atoms with Crippen molar-refractivity contribution in [2.45, 2.75) is 44.8 Å². The van der Waals surface area contributed by atoms with Gasteiger partial charge in [-0.3, -0.25) is 0 Å². The number of methoxy groups -OCH3 is 1. The van der Waals surface area contributed by atoms with Crippen molar-refractivity contribution in [1.29, 1.82) is 5.26 Å². The standard InChI is InChI=1S/C18H25N3O3/c1-17(2,3)24-16(22)21-10-8-18(13-19,9-11-21)20-14-6-5-7-15(12-14)23-4/h5-7,12,20H,8-11H2,1-4H3. The molecule has 0 atom stereocenters. The predicted molar refractivity (Wildman–Crippen MR) is 92.0 cm³/mol. The highest BCUT2D eigenvalue weighted by Crippen LogP contribution is 2.29. The number of nitriles is 1. The third-order valence-electron chi connectivity index (χ3n) is 3.94. The normalized spacial score (nSPS) is 16.9. The smallest absolute Gasteiger partial charge is 0.410 e. The Balaban J connectivity index is 2.01. The third-order valence-corrected chi connectivity index (χ3v) is 3.94. The number of hydrogen-bond donors (Lipinski definition) is 1. The van der Waals surface area contributed by atoms with Crippen molar-refractivity contribution in [3.8, 4) is 11.8 Å². The first kappa shape index (κ1) is 17.9. The molecule has 1 aromatic carbocycles. The lowest BCUT2D eigenvalue weighted by atomic mass is 9.88. The van der Waals surface area contributed by atoms with E-state index in [-0.39, 0.29) is 6.09 Å². The molecule has 1 aliphatic heterocycles. The van der Waals surface area contributed by atoms with Crippen LogP contribution in [0, 0.1) is 11.3 Å². The first-order valence-electron chi connectivity index (χ1n) is 8.08. The van der Waals surface area contributed by atoms with Gasteiger partial charge < -0.3 is 19.7 Å². The van der Waals surface area contributed by atoms with E-state index in [1.165, 1.54) is 0 Å². The molecule has 0 bridgehead atoms. The summed E-state index contributed by atoms with van der Waals surface area (Å²) in [6, 6.07) is 9.88. The summed E-state index contributed by atoms with van der Waals surface area (Å²) in [4.78, 5) is 13.8. The number of amides is 1. The fourth-order valence-electron chi connectivity index (χ4n) is 2.64. The second-order valence-corrected chi connectivity index (χ2v) is 7.02. The van der Waals surface area contributed by atoms with Crippen molar-refractivity contribution in [3.05, 3.63) is 24.3 Å². The van der Waals surface area contributed by atoms with Gasteiger partial charge in [0.25, 0.3) is 0 Å². The molecule has 1 amide bonds. The zero-order chi connectivity index (χ0) is 17.8. The molecule has 2 rings (SSSR count). The summed E-state index contributed by atoms with van der Waals surface area (Å²) in [6.45, 7) is 6.51. The second-order valence-electron chi connectivity index (χ2n) is 7.02. The van der Waals surface area contributed by atoms with E-state index in [0.717, 1.165) is 11.4 Å². The summed E-state index contributed by atoms with van der Waals surface area (Å²) in [7, 11) is 1.61. The number of piperidine rings is 1. The van der Waals surface area contributed by atoms with E-state index >= 15 is 0 Å². The molecular formula is C18H25N3O3. The third kappa shape index (κ3) is 4.54. The summed E-state index contributed by atoms with van der Waals surface area (Å²) in [5.41, 5.74) is -0.369. The van der Waals surface area contributed by atoms with Crippen LogP contribution in [0.2, 0.25) is 0 Å². The molecule has 1 aliphatic rings. The van der Waals surface area contributed by atoms with Crippen LogP contribution in [-0.2, 0) is 4.74 Å². The molecule has 0 radical (unpaired) electrons. The average molecular weight is 331 g/mol. The minimum atomic E-state index is -0.690. The Bertz CT molecular complexity index is 623. The molecule has 6 heteroatoms. The van der Waals surface area contributed by atoms with Gasteiger partial charge in [-0.25, -0.2) is 4.79 Å². The number of ether oxygens (including phenoxy) is 2. The van der Waals surface area contributed by atoms with Crippen molar-refractivity contribution in [3.63, 3.8) is 0 Å². The molecule has 0 unspecified atom stereocenters. The highest BCUT2D eigenvalue weighted by molar-refractivity contribution is 5.68. The Hall–Kier alpha value is -2.42. The Labute approximate surface area is 143 Å². The van der Waals surface area contributed by atoms with Crippen molar-refractivity contribution in [1.82, 2.24) is 4.90 Å². The molecule has 130 valence electrons. The fourth-order valence-corrected chi connectivity index (χ4v) is 2.64. The molecule has 1 aromatic rings. The molecule has 6 nitrogen and oxygen atoms in total. The van der Waals surface area contributed by atoms with Gasteiger partial charge in [-0.1, -0.05) is 6.07 Å². The van der Waals surface area contributed by atoms with E-state index in [1.807, 2.05) is 45.0 Å². The van der Waals surface area contributed by atoms with E-state index in [4.69, 9.17) is 9.47 Å². The molecule has 0 saturated carbocycles. The van der Waals surface area contributed by atoms with Crippen LogP contribution >= 0.6 is 0 Å². The zero-order valence-electron chi connectivity index (χ0n) is 14.8. The second kappa shape index (κ2) is 7.00. The van der Waals surface area contributed by atoms with Crippen molar-refractivity contribution in [2.75, 3.05) is 25.5 Å². The van der Waals surface area contributed by atoms with Crippen molar-refractivity contribution < 1.29 is 14.3 Å². The zero-order valence-corrected chi connectivity index (χ0v) is 14.8. The maximum absolute atomic E-state index is 12.1. The number of likely N-dealkylation sites (tertiary alicyclic amines) is 1. The lowest BCUT2D eigenvalue weighted by Gasteiger charge is -2.38. The van der Waals surface area contributed by atoms with Crippen LogP contribution in [-0.4, -0.2) is 42.3 Å². The topological polar surface area (TPSA) is 74.6 Å². The van der Waals surface area contributed by atoms with Gasteiger partial charge in [0.2, 0.25) is 0 Å². The minimum absolute atomic E-state index is 0.324. The first-order chi connectivity index (χ1) is 11.3. The number of nitrogens with one attached hydrogen (secondary N) is 1. The van der Waals surface area contributed by atoms with Gasteiger partial charge in [0.15, 0.2) is 0 Å². The van der Waals surface area contributed by atoms with Gasteiger partial charge in [-0.05, 0) is 32.9 Å². The van der Waals surface area contributed by atoms with Crippen LogP contribution in [0.3, 0.4) is 0 Å². The summed E-state index contributed by atoms with van der Waals surface area (Å²) in [5.74, 6) is 0.735. The van der Waals surface area contributed by atoms with Gasteiger partial charge in [-0.2, -0.15) is 5.26 Å². The number of anilines is 1. The SMILES string of the molecule is COc1cccc(NC2(C#N)CCN(C(=O)OC(C)(C)C)CC2)c1. The van der Waals surface area contributed by atoms with Gasteiger partial charge >= 0.3 is 6.09 Å². The fraction of sp³-hybridized carbons (Fsp3) is 0.556. The maximum Gasteiger partial charge on any atom is 0.410 e. The van der Waals surface area contributed by atoms with E-state index < -0.39 is 11.1 Å². The number of nitrogens with zero attached hydrogens (tertiary/aromatic N) is 2. The quantitative estimate of drug-likeness (QED) is 0.919. The summed E-state index contributed by atoms with van der Waals surface area (Å²) in [5, 5.41) is 13.0. The van der Waals surface area contributed by atoms with Gasteiger partial charge in [0.1, 0.15) is 16.9 Å². The molecule has 0 aromatic heterocycles. The summed E-state index contributed by atoms with van der Waals surface area (Å²) in [6.07, 6.45) is 0.760. The lowest BCUT2D eigenvalue weighted by molar-refractivity contribution is 0.0195. The van der Waals surface area contributed by atoms with E-state index in [9.17, 15) is 10.1 Å². The Morgan fingerprint density at radius 3 is 2.54 bits per heavy atom. The van der Waals surface area contributed by atoms with Crippen LogP contribution in [0.1, 0.15) is 33.6 Å². The van der Waals surface area contributed by atoms with Gasteiger partial charge in [0, 0.05) is 37.7 Å². The average Bonchev–Trinajstić information content (AvgIpc) is 2.54. The van der Waals surface area contributed by atoms with E-state index in [1.54, 1.807) is 12.0 Å². The molecule has 0 aliphatic carbocycles. The number of rotatable bonds is 3. The van der Waals surface area contributed by atoms with Crippen LogP contribution < -0.4 is 10.1 Å².